The van der Waals surface area contributed by atoms with Crippen LogP contribution in [0.3, 0.4) is 0 Å². The van der Waals surface area contributed by atoms with Gasteiger partial charge in [0.05, 0.1) is 10.0 Å². The SMILES string of the molecule is O=C(O)/C=C/c1ccc(-c2ccc(Br)c(Cl)c2Cl)s1. The monoisotopic (exact) mass is 376 g/mol. The molecule has 1 heterocycles. The number of thiophene rings is 1. The molecule has 2 aromatic rings. The summed E-state index contributed by atoms with van der Waals surface area (Å²) in [5.74, 6) is -0.973. The van der Waals surface area contributed by atoms with Crippen LogP contribution in [0, 0.1) is 0 Å². The normalized spacial score (nSPS) is 11.1. The zero-order valence-corrected chi connectivity index (χ0v) is 13.3. The lowest BCUT2D eigenvalue weighted by Crippen LogP contribution is -1.84. The zero-order chi connectivity index (χ0) is 14.0. The first-order valence-electron chi connectivity index (χ1n) is 5.13. The number of hydrogen-bond acceptors (Lipinski definition) is 2. The minimum Gasteiger partial charge on any atom is -0.478 e. The quantitative estimate of drug-likeness (QED) is 0.559. The van der Waals surface area contributed by atoms with Crippen LogP contribution in [-0.2, 0) is 4.79 Å². The molecule has 2 rings (SSSR count). The molecule has 0 spiro atoms. The van der Waals surface area contributed by atoms with E-state index in [1.165, 1.54) is 11.3 Å². The van der Waals surface area contributed by atoms with Crippen molar-refractivity contribution < 1.29 is 9.90 Å². The summed E-state index contributed by atoms with van der Waals surface area (Å²) < 4.78 is 0.741. The minimum absolute atomic E-state index is 0.468. The molecule has 2 nitrogen and oxygen atoms in total. The van der Waals surface area contributed by atoms with Gasteiger partial charge in [0.2, 0.25) is 0 Å². The van der Waals surface area contributed by atoms with Crippen molar-refractivity contribution in [2.24, 2.45) is 0 Å². The number of rotatable bonds is 3. The van der Waals surface area contributed by atoms with Gasteiger partial charge in [-0.15, -0.1) is 11.3 Å². The second-order valence-electron chi connectivity index (χ2n) is 3.60. The molecule has 0 saturated heterocycles. The van der Waals surface area contributed by atoms with Crippen molar-refractivity contribution in [1.29, 1.82) is 0 Å². The number of benzene rings is 1. The van der Waals surface area contributed by atoms with Gasteiger partial charge in [0.25, 0.3) is 0 Å². The van der Waals surface area contributed by atoms with Crippen LogP contribution in [0.1, 0.15) is 4.88 Å². The fraction of sp³-hybridized carbons (Fsp3) is 0. The van der Waals surface area contributed by atoms with Gasteiger partial charge in [-0.3, -0.25) is 0 Å². The van der Waals surface area contributed by atoms with E-state index >= 15 is 0 Å². The van der Waals surface area contributed by atoms with Gasteiger partial charge in [0, 0.05) is 25.9 Å². The highest BCUT2D eigenvalue weighted by molar-refractivity contribution is 9.10. The average Bonchev–Trinajstić information content (AvgIpc) is 2.82. The van der Waals surface area contributed by atoms with Gasteiger partial charge >= 0.3 is 5.97 Å². The van der Waals surface area contributed by atoms with Crippen molar-refractivity contribution in [2.45, 2.75) is 0 Å². The molecule has 1 N–H and O–H groups in total. The highest BCUT2D eigenvalue weighted by atomic mass is 79.9. The third-order valence-electron chi connectivity index (χ3n) is 2.32. The van der Waals surface area contributed by atoms with Crippen LogP contribution in [0.2, 0.25) is 10.0 Å². The van der Waals surface area contributed by atoms with Crippen LogP contribution >= 0.6 is 50.5 Å². The standard InChI is InChI=1S/C13H7BrCl2O2S/c14-9-4-3-8(12(15)13(9)16)10-5-1-7(19-10)2-6-11(17)18/h1-6H,(H,17,18)/b6-2+. The van der Waals surface area contributed by atoms with Crippen molar-refractivity contribution in [3.63, 3.8) is 0 Å². The second kappa shape index (κ2) is 6.09. The third kappa shape index (κ3) is 3.39. The Morgan fingerprint density at radius 2 is 1.95 bits per heavy atom. The molecule has 0 amide bonds. The molecule has 98 valence electrons. The first-order chi connectivity index (χ1) is 8.99. The van der Waals surface area contributed by atoms with Crippen LogP contribution in [0.4, 0.5) is 0 Å². The predicted molar refractivity (Wildman–Crippen MR) is 84.1 cm³/mol. The van der Waals surface area contributed by atoms with Crippen LogP contribution in [-0.4, -0.2) is 11.1 Å². The predicted octanol–water partition coefficient (Wildman–Crippen LogP) is 5.58. The smallest absolute Gasteiger partial charge is 0.328 e. The topological polar surface area (TPSA) is 37.3 Å². The minimum atomic E-state index is -0.973. The Hall–Kier alpha value is -0.810. The molecular weight excluding hydrogens is 371 g/mol. The lowest BCUT2D eigenvalue weighted by molar-refractivity contribution is -0.131. The Labute approximate surface area is 132 Å². The van der Waals surface area contributed by atoms with Gasteiger partial charge < -0.3 is 5.11 Å². The van der Waals surface area contributed by atoms with Crippen LogP contribution in [0.5, 0.6) is 0 Å². The van der Waals surface area contributed by atoms with Gasteiger partial charge in [-0.1, -0.05) is 29.3 Å². The van der Waals surface area contributed by atoms with Crippen molar-refractivity contribution in [3.8, 4) is 10.4 Å². The lowest BCUT2D eigenvalue weighted by Gasteiger charge is -2.04. The van der Waals surface area contributed by atoms with E-state index in [1.807, 2.05) is 24.3 Å². The molecule has 1 aromatic carbocycles. The van der Waals surface area contributed by atoms with Gasteiger partial charge in [-0.2, -0.15) is 0 Å². The van der Waals surface area contributed by atoms with Gasteiger partial charge in [0.15, 0.2) is 0 Å². The molecule has 0 aliphatic rings. The maximum atomic E-state index is 10.5. The summed E-state index contributed by atoms with van der Waals surface area (Å²) >= 11 is 17.0. The Morgan fingerprint density at radius 1 is 1.21 bits per heavy atom. The molecule has 0 bridgehead atoms. The number of hydrogen-bond donors (Lipinski definition) is 1. The average molecular weight is 378 g/mol. The van der Waals surface area contributed by atoms with Crippen molar-refractivity contribution in [3.05, 3.63) is 49.7 Å². The van der Waals surface area contributed by atoms with Gasteiger partial charge in [0.1, 0.15) is 0 Å². The summed E-state index contributed by atoms with van der Waals surface area (Å²) in [6, 6.07) is 7.42. The summed E-state index contributed by atoms with van der Waals surface area (Å²) in [6.07, 6.45) is 2.65. The molecule has 6 heteroatoms. The summed E-state index contributed by atoms with van der Waals surface area (Å²) in [7, 11) is 0. The first-order valence-corrected chi connectivity index (χ1v) is 7.50. The molecule has 0 aliphatic carbocycles. The lowest BCUT2D eigenvalue weighted by atomic mass is 10.2. The summed E-state index contributed by atoms with van der Waals surface area (Å²) in [6.45, 7) is 0. The van der Waals surface area contributed by atoms with E-state index in [0.29, 0.717) is 10.0 Å². The fourth-order valence-corrected chi connectivity index (χ4v) is 3.33. The highest BCUT2D eigenvalue weighted by Crippen LogP contribution is 2.40. The van der Waals surface area contributed by atoms with Gasteiger partial charge in [-0.05, 0) is 40.2 Å². The van der Waals surface area contributed by atoms with E-state index in [4.69, 9.17) is 28.3 Å². The molecule has 0 fully saturated rings. The molecule has 19 heavy (non-hydrogen) atoms. The molecule has 0 saturated carbocycles. The fourth-order valence-electron chi connectivity index (χ4n) is 1.46. The molecule has 0 radical (unpaired) electrons. The Morgan fingerprint density at radius 3 is 2.63 bits per heavy atom. The maximum absolute atomic E-state index is 10.5. The van der Waals surface area contributed by atoms with E-state index in [2.05, 4.69) is 15.9 Å². The Bertz CT molecular complexity index is 665. The summed E-state index contributed by atoms with van der Waals surface area (Å²) in [5, 5.41) is 9.53. The van der Waals surface area contributed by atoms with E-state index in [0.717, 1.165) is 25.9 Å². The van der Waals surface area contributed by atoms with E-state index in [9.17, 15) is 4.79 Å². The molecule has 0 aliphatic heterocycles. The van der Waals surface area contributed by atoms with Crippen molar-refractivity contribution in [2.75, 3.05) is 0 Å². The van der Waals surface area contributed by atoms with Crippen LogP contribution in [0.25, 0.3) is 16.5 Å². The van der Waals surface area contributed by atoms with Crippen LogP contribution in [0.15, 0.2) is 34.8 Å². The van der Waals surface area contributed by atoms with Crippen molar-refractivity contribution in [1.82, 2.24) is 0 Å². The highest BCUT2D eigenvalue weighted by Gasteiger charge is 2.11. The number of halogens is 3. The Balaban J connectivity index is 2.38. The number of carbonyl (C=O) groups is 1. The van der Waals surface area contributed by atoms with Crippen molar-refractivity contribution >= 4 is 62.5 Å². The van der Waals surface area contributed by atoms with E-state index < -0.39 is 5.97 Å². The maximum Gasteiger partial charge on any atom is 0.328 e. The summed E-state index contributed by atoms with van der Waals surface area (Å²) in [5.41, 5.74) is 0.829. The number of aliphatic carboxylic acids is 1. The number of carboxylic acids is 1. The third-order valence-corrected chi connectivity index (χ3v) is 5.17. The number of carboxylic acid groups (broad SMARTS) is 1. The Kier molecular flexibility index (Phi) is 4.68. The largest absolute Gasteiger partial charge is 0.478 e. The molecule has 0 unspecified atom stereocenters. The van der Waals surface area contributed by atoms with Crippen LogP contribution < -0.4 is 0 Å². The molecular formula is C13H7BrCl2O2S. The molecule has 0 atom stereocenters. The first kappa shape index (κ1) is 14.6. The summed E-state index contributed by atoms with van der Waals surface area (Å²) in [4.78, 5) is 12.2. The van der Waals surface area contributed by atoms with E-state index in [-0.39, 0.29) is 0 Å². The van der Waals surface area contributed by atoms with E-state index in [1.54, 1.807) is 6.08 Å². The second-order valence-corrected chi connectivity index (χ2v) is 6.32. The van der Waals surface area contributed by atoms with Gasteiger partial charge in [-0.25, -0.2) is 4.79 Å². The zero-order valence-electron chi connectivity index (χ0n) is 9.36. The molecule has 1 aromatic heterocycles.